The van der Waals surface area contributed by atoms with Crippen LogP contribution in [0.15, 0.2) is 24.4 Å². The molecule has 0 aliphatic heterocycles. The maximum Gasteiger partial charge on any atom is 0.0483 e. The first kappa shape index (κ1) is 15.1. The average molecular weight is 273 g/mol. The van der Waals surface area contributed by atoms with Crippen molar-refractivity contribution in [2.24, 2.45) is 0 Å². The summed E-state index contributed by atoms with van der Waals surface area (Å²) < 4.78 is 2.29. The monoisotopic (exact) mass is 273 g/mol. The van der Waals surface area contributed by atoms with E-state index in [9.17, 15) is 0 Å². The maximum atomic E-state index is 9.05. The number of hydrogen-bond acceptors (Lipinski definition) is 1. The van der Waals surface area contributed by atoms with E-state index < -0.39 is 0 Å². The number of hydrogen-bond donors (Lipinski definition) is 1. The standard InChI is InChI=1S/C18H27NO/c1-5-7-14-13-19(10-6-11-20)17-9-8-15(12-16(14)17)18(2,3)4/h8-9,12-13,20H,5-7,10-11H2,1-4H3. The molecule has 0 atom stereocenters. The first-order chi connectivity index (χ1) is 9.47. The summed E-state index contributed by atoms with van der Waals surface area (Å²) in [6.07, 6.45) is 5.38. The highest BCUT2D eigenvalue weighted by molar-refractivity contribution is 5.85. The third-order valence-corrected chi connectivity index (χ3v) is 3.91. The van der Waals surface area contributed by atoms with Crippen LogP contribution in [0.25, 0.3) is 10.9 Å². The van der Waals surface area contributed by atoms with E-state index in [1.165, 1.54) is 28.5 Å². The lowest BCUT2D eigenvalue weighted by molar-refractivity contribution is 0.280. The van der Waals surface area contributed by atoms with Gasteiger partial charge in [-0.15, -0.1) is 0 Å². The first-order valence-corrected chi connectivity index (χ1v) is 7.70. The Morgan fingerprint density at radius 2 is 1.95 bits per heavy atom. The van der Waals surface area contributed by atoms with Crippen LogP contribution in [0.1, 0.15) is 51.7 Å². The molecule has 1 aromatic carbocycles. The Kier molecular flexibility index (Phi) is 4.54. The molecule has 0 fully saturated rings. The average Bonchev–Trinajstić information content (AvgIpc) is 2.74. The summed E-state index contributed by atoms with van der Waals surface area (Å²) in [4.78, 5) is 0. The molecule has 1 aromatic heterocycles. The van der Waals surface area contributed by atoms with Crippen molar-refractivity contribution in [3.8, 4) is 0 Å². The van der Waals surface area contributed by atoms with Gasteiger partial charge in [-0.1, -0.05) is 40.2 Å². The topological polar surface area (TPSA) is 25.2 Å². The van der Waals surface area contributed by atoms with Gasteiger partial charge in [0.1, 0.15) is 0 Å². The molecule has 0 spiro atoms. The van der Waals surface area contributed by atoms with E-state index in [1.54, 1.807) is 0 Å². The summed E-state index contributed by atoms with van der Waals surface area (Å²) >= 11 is 0. The fourth-order valence-corrected chi connectivity index (χ4v) is 2.73. The smallest absolute Gasteiger partial charge is 0.0483 e. The molecule has 0 bridgehead atoms. The molecule has 0 aliphatic rings. The molecule has 2 rings (SSSR count). The molecule has 0 saturated carbocycles. The molecule has 1 heterocycles. The Hall–Kier alpha value is -1.28. The van der Waals surface area contributed by atoms with Crippen molar-refractivity contribution >= 4 is 10.9 Å². The molecule has 2 nitrogen and oxygen atoms in total. The molecule has 2 aromatic rings. The molecule has 0 saturated heterocycles. The van der Waals surface area contributed by atoms with E-state index >= 15 is 0 Å². The molecular weight excluding hydrogens is 246 g/mol. The lowest BCUT2D eigenvalue weighted by Gasteiger charge is -2.19. The van der Waals surface area contributed by atoms with Crippen LogP contribution in [-0.4, -0.2) is 16.3 Å². The number of benzene rings is 1. The van der Waals surface area contributed by atoms with E-state index in [0.29, 0.717) is 0 Å². The molecule has 2 heteroatoms. The van der Waals surface area contributed by atoms with Gasteiger partial charge < -0.3 is 9.67 Å². The van der Waals surface area contributed by atoms with Crippen molar-refractivity contribution in [3.05, 3.63) is 35.5 Å². The van der Waals surface area contributed by atoms with E-state index in [4.69, 9.17) is 5.11 Å². The fraction of sp³-hybridized carbons (Fsp3) is 0.556. The van der Waals surface area contributed by atoms with Gasteiger partial charge in [-0.05, 0) is 41.5 Å². The Morgan fingerprint density at radius 1 is 1.20 bits per heavy atom. The van der Waals surface area contributed by atoms with Crippen molar-refractivity contribution in [1.29, 1.82) is 0 Å². The summed E-state index contributed by atoms with van der Waals surface area (Å²) in [6, 6.07) is 6.84. The molecule has 0 unspecified atom stereocenters. The second-order valence-corrected chi connectivity index (χ2v) is 6.66. The lowest BCUT2D eigenvalue weighted by atomic mass is 9.86. The third-order valence-electron chi connectivity index (χ3n) is 3.91. The Balaban J connectivity index is 2.51. The number of rotatable bonds is 5. The van der Waals surface area contributed by atoms with Gasteiger partial charge in [-0.2, -0.15) is 0 Å². The lowest BCUT2D eigenvalue weighted by Crippen LogP contribution is -2.10. The highest BCUT2D eigenvalue weighted by atomic mass is 16.3. The highest BCUT2D eigenvalue weighted by Crippen LogP contribution is 2.29. The molecule has 1 N–H and O–H groups in total. The van der Waals surface area contributed by atoms with Crippen molar-refractivity contribution < 1.29 is 5.11 Å². The predicted molar refractivity (Wildman–Crippen MR) is 86.3 cm³/mol. The zero-order chi connectivity index (χ0) is 14.8. The van der Waals surface area contributed by atoms with Gasteiger partial charge in [0.05, 0.1) is 0 Å². The molecular formula is C18H27NO. The van der Waals surface area contributed by atoms with Crippen LogP contribution in [0.5, 0.6) is 0 Å². The van der Waals surface area contributed by atoms with Crippen LogP contribution in [0.2, 0.25) is 0 Å². The van der Waals surface area contributed by atoms with Gasteiger partial charge in [0.25, 0.3) is 0 Å². The van der Waals surface area contributed by atoms with Crippen molar-refractivity contribution in [1.82, 2.24) is 4.57 Å². The summed E-state index contributed by atoms with van der Waals surface area (Å²) in [5.41, 5.74) is 4.31. The minimum absolute atomic E-state index is 0.185. The Labute approximate surface area is 122 Å². The molecule has 0 amide bonds. The SMILES string of the molecule is CCCc1cn(CCCO)c2ccc(C(C)(C)C)cc12. The highest BCUT2D eigenvalue weighted by Gasteiger charge is 2.16. The van der Waals surface area contributed by atoms with E-state index in [2.05, 4.69) is 56.7 Å². The van der Waals surface area contributed by atoms with Gasteiger partial charge in [-0.25, -0.2) is 0 Å². The molecule has 110 valence electrons. The first-order valence-electron chi connectivity index (χ1n) is 7.70. The summed E-state index contributed by atoms with van der Waals surface area (Å²) in [5.74, 6) is 0. The minimum Gasteiger partial charge on any atom is -0.396 e. The van der Waals surface area contributed by atoms with Crippen LogP contribution in [0.3, 0.4) is 0 Å². The van der Waals surface area contributed by atoms with E-state index in [-0.39, 0.29) is 12.0 Å². The van der Waals surface area contributed by atoms with E-state index in [1.807, 2.05) is 0 Å². The van der Waals surface area contributed by atoms with Crippen LogP contribution >= 0.6 is 0 Å². The molecule has 0 radical (unpaired) electrons. The van der Waals surface area contributed by atoms with Crippen LogP contribution in [0.4, 0.5) is 0 Å². The van der Waals surface area contributed by atoms with Crippen molar-refractivity contribution in [2.75, 3.05) is 6.61 Å². The number of aromatic nitrogens is 1. The number of nitrogens with zero attached hydrogens (tertiary/aromatic N) is 1. The number of aryl methyl sites for hydroxylation is 2. The number of aliphatic hydroxyl groups excluding tert-OH is 1. The fourth-order valence-electron chi connectivity index (χ4n) is 2.73. The summed E-state index contributed by atoms with van der Waals surface area (Å²) in [6.45, 7) is 10.2. The normalized spacial score (nSPS) is 12.2. The second-order valence-electron chi connectivity index (χ2n) is 6.66. The van der Waals surface area contributed by atoms with Crippen LogP contribution < -0.4 is 0 Å². The molecule has 20 heavy (non-hydrogen) atoms. The minimum atomic E-state index is 0.185. The predicted octanol–water partition coefficient (Wildman–Crippen LogP) is 4.27. The zero-order valence-corrected chi connectivity index (χ0v) is 13.2. The maximum absolute atomic E-state index is 9.05. The van der Waals surface area contributed by atoms with Gasteiger partial charge in [0, 0.05) is 30.3 Å². The number of fused-ring (bicyclic) bond motifs is 1. The molecule has 0 aliphatic carbocycles. The van der Waals surface area contributed by atoms with Gasteiger partial charge in [0.15, 0.2) is 0 Å². The van der Waals surface area contributed by atoms with Crippen molar-refractivity contribution in [3.63, 3.8) is 0 Å². The van der Waals surface area contributed by atoms with Crippen LogP contribution in [0, 0.1) is 0 Å². The third kappa shape index (κ3) is 3.06. The van der Waals surface area contributed by atoms with Gasteiger partial charge >= 0.3 is 0 Å². The Morgan fingerprint density at radius 3 is 2.55 bits per heavy atom. The largest absolute Gasteiger partial charge is 0.396 e. The number of aliphatic hydroxyl groups is 1. The Bertz CT molecular complexity index is 575. The zero-order valence-electron chi connectivity index (χ0n) is 13.2. The van der Waals surface area contributed by atoms with Crippen molar-refractivity contribution in [2.45, 2.75) is 58.9 Å². The quantitative estimate of drug-likeness (QED) is 0.864. The second kappa shape index (κ2) is 6.01. The van der Waals surface area contributed by atoms with Crippen LogP contribution in [-0.2, 0) is 18.4 Å². The van der Waals surface area contributed by atoms with E-state index in [0.717, 1.165) is 19.4 Å². The summed E-state index contributed by atoms with van der Waals surface area (Å²) in [5, 5.41) is 10.4. The summed E-state index contributed by atoms with van der Waals surface area (Å²) in [7, 11) is 0. The van der Waals surface area contributed by atoms with Gasteiger partial charge in [0.2, 0.25) is 0 Å². The van der Waals surface area contributed by atoms with Gasteiger partial charge in [-0.3, -0.25) is 0 Å².